The molecule has 0 amide bonds. The summed E-state index contributed by atoms with van der Waals surface area (Å²) in [5.41, 5.74) is 0. The van der Waals surface area contributed by atoms with E-state index in [4.69, 9.17) is 0 Å². The highest BCUT2D eigenvalue weighted by atomic mass is 32.2. The van der Waals surface area contributed by atoms with Crippen molar-refractivity contribution in [2.24, 2.45) is 5.92 Å². The molecule has 56 valence electrons. The van der Waals surface area contributed by atoms with Crippen molar-refractivity contribution in [3.05, 3.63) is 24.3 Å². The molecule has 0 aromatic heterocycles. The first-order chi connectivity index (χ1) is 4.79. The Hall–Kier alpha value is -0.570. The van der Waals surface area contributed by atoms with Crippen LogP contribution in [0.3, 0.4) is 0 Å². The van der Waals surface area contributed by atoms with E-state index in [0.717, 1.165) is 6.42 Å². The highest BCUT2D eigenvalue weighted by Gasteiger charge is 2.04. The van der Waals surface area contributed by atoms with Gasteiger partial charge in [0.15, 0.2) is 0 Å². The average Bonchev–Trinajstić information content (AvgIpc) is 1.88. The van der Waals surface area contributed by atoms with Gasteiger partial charge in [-0.25, -0.2) is 8.42 Å². The molecule has 1 atom stereocenters. The van der Waals surface area contributed by atoms with Gasteiger partial charge in [-0.05, 0) is 12.3 Å². The first kappa shape index (κ1) is 7.54. The largest absolute Gasteiger partial charge is 0.232 e. The number of hydrogen-bond donors (Lipinski definition) is 1. The summed E-state index contributed by atoms with van der Waals surface area (Å²) in [5.74, 6) is 0.502. The summed E-state index contributed by atoms with van der Waals surface area (Å²) in [5, 5.41) is 0. The van der Waals surface area contributed by atoms with Gasteiger partial charge in [-0.2, -0.15) is 0 Å². The molecule has 0 fully saturated rings. The van der Waals surface area contributed by atoms with E-state index in [1.165, 1.54) is 0 Å². The van der Waals surface area contributed by atoms with Crippen LogP contribution in [0.5, 0.6) is 0 Å². The van der Waals surface area contributed by atoms with Crippen LogP contribution >= 0.6 is 0 Å². The van der Waals surface area contributed by atoms with E-state index in [1.54, 1.807) is 0 Å². The van der Waals surface area contributed by atoms with Crippen LogP contribution < -0.4 is 0 Å². The van der Waals surface area contributed by atoms with Gasteiger partial charge in [0, 0.05) is 0 Å². The molecule has 0 radical (unpaired) electrons. The normalized spacial score (nSPS) is 23.9. The van der Waals surface area contributed by atoms with Crippen molar-refractivity contribution in [1.82, 2.24) is 0 Å². The Morgan fingerprint density at radius 1 is 1.40 bits per heavy atom. The van der Waals surface area contributed by atoms with Crippen molar-refractivity contribution < 1.29 is 8.42 Å². The lowest BCUT2D eigenvalue weighted by Gasteiger charge is -2.07. The van der Waals surface area contributed by atoms with E-state index >= 15 is 0 Å². The molecule has 3 heteroatoms. The number of hydrogen-bond acceptors (Lipinski definition) is 2. The minimum Gasteiger partial charge on any atom is -0.232 e. The maximum absolute atomic E-state index is 10.2. The summed E-state index contributed by atoms with van der Waals surface area (Å²) < 4.78 is 20.5. The van der Waals surface area contributed by atoms with E-state index in [2.05, 4.69) is 0 Å². The van der Waals surface area contributed by atoms with Crippen LogP contribution in [-0.4, -0.2) is 14.2 Å². The molecule has 0 spiro atoms. The average molecular weight is 158 g/mol. The first-order valence-corrected chi connectivity index (χ1v) is 4.60. The molecule has 2 nitrogen and oxygen atoms in total. The second-order valence-corrected chi connectivity index (χ2v) is 3.35. The molecule has 1 aliphatic rings. The Bertz CT molecular complexity index is 218. The fourth-order valence-corrected chi connectivity index (χ4v) is 1.61. The van der Waals surface area contributed by atoms with Gasteiger partial charge < -0.3 is 0 Å². The molecule has 1 rings (SSSR count). The third-order valence-corrected chi connectivity index (χ3v) is 2.22. The second-order valence-electron chi connectivity index (χ2n) is 2.32. The molecule has 1 unspecified atom stereocenters. The van der Waals surface area contributed by atoms with Crippen molar-refractivity contribution in [3.63, 3.8) is 0 Å². The lowest BCUT2D eigenvalue weighted by Crippen LogP contribution is -2.04. The summed E-state index contributed by atoms with van der Waals surface area (Å²) in [6, 6.07) is 0. The first-order valence-electron chi connectivity index (χ1n) is 3.24. The molecule has 0 aromatic carbocycles. The molecular weight excluding hydrogens is 148 g/mol. The van der Waals surface area contributed by atoms with E-state index in [9.17, 15) is 8.42 Å². The van der Waals surface area contributed by atoms with Crippen LogP contribution in [0.4, 0.5) is 0 Å². The highest BCUT2D eigenvalue weighted by Crippen LogP contribution is 2.10. The minimum atomic E-state index is -2.21. The Labute approximate surface area is 62.2 Å². The van der Waals surface area contributed by atoms with Gasteiger partial charge in [0.1, 0.15) is 10.7 Å². The van der Waals surface area contributed by atoms with Gasteiger partial charge in [0.25, 0.3) is 0 Å². The summed E-state index contributed by atoms with van der Waals surface area (Å²) in [4.78, 5) is 0. The molecular formula is C7H10O2S. The fraction of sp³-hybridized carbons (Fsp3) is 0.429. The van der Waals surface area contributed by atoms with Crippen molar-refractivity contribution in [1.29, 1.82) is 0 Å². The molecule has 1 aliphatic carbocycles. The summed E-state index contributed by atoms with van der Waals surface area (Å²) in [6.45, 7) is 0. The molecule has 0 saturated carbocycles. The van der Waals surface area contributed by atoms with Gasteiger partial charge in [-0.3, -0.25) is 0 Å². The lowest BCUT2D eigenvalue weighted by molar-refractivity contribution is 0.602. The van der Waals surface area contributed by atoms with Crippen LogP contribution in [0.2, 0.25) is 0 Å². The topological polar surface area (TPSA) is 34.1 Å². The van der Waals surface area contributed by atoms with Gasteiger partial charge >= 0.3 is 0 Å². The maximum Gasteiger partial charge on any atom is 0.140 e. The van der Waals surface area contributed by atoms with Crippen molar-refractivity contribution >= 4 is 10.7 Å². The summed E-state index contributed by atoms with van der Waals surface area (Å²) >= 11 is 0. The fourth-order valence-electron chi connectivity index (χ4n) is 0.959. The van der Waals surface area contributed by atoms with Gasteiger partial charge in [-0.1, -0.05) is 24.3 Å². The molecule has 10 heavy (non-hydrogen) atoms. The molecule has 0 heterocycles. The SMILES string of the molecule is O=[SH](=O)CC1C=CC=CC1. The lowest BCUT2D eigenvalue weighted by atomic mass is 10.0. The predicted octanol–water partition coefficient (Wildman–Crippen LogP) is 0.730. The molecule has 0 saturated heterocycles. The van der Waals surface area contributed by atoms with Gasteiger partial charge in [0.05, 0.1) is 5.75 Å². The number of rotatable bonds is 2. The minimum absolute atomic E-state index is 0.214. The highest BCUT2D eigenvalue weighted by molar-refractivity contribution is 7.72. The van der Waals surface area contributed by atoms with Crippen LogP contribution in [0.15, 0.2) is 24.3 Å². The van der Waals surface area contributed by atoms with Crippen LogP contribution in [-0.2, 0) is 10.7 Å². The zero-order valence-electron chi connectivity index (χ0n) is 5.56. The van der Waals surface area contributed by atoms with E-state index in [-0.39, 0.29) is 11.7 Å². The standard InChI is InChI=1S/C7H10O2S/c8-10(9)6-7-4-2-1-3-5-7/h1-4,7,10H,5-6H2. The smallest absolute Gasteiger partial charge is 0.140 e. The Morgan fingerprint density at radius 2 is 2.20 bits per heavy atom. The third kappa shape index (κ3) is 2.35. The monoisotopic (exact) mass is 158 g/mol. The second kappa shape index (κ2) is 3.56. The summed E-state index contributed by atoms with van der Waals surface area (Å²) in [7, 11) is -2.21. The number of allylic oxidation sites excluding steroid dienone is 4. The maximum atomic E-state index is 10.2. The molecule has 0 N–H and O–H groups in total. The Kier molecular flexibility index (Phi) is 2.68. The quantitative estimate of drug-likeness (QED) is 0.601. The summed E-state index contributed by atoms with van der Waals surface area (Å²) in [6.07, 6.45) is 8.62. The van der Waals surface area contributed by atoms with E-state index in [1.807, 2.05) is 24.3 Å². The zero-order valence-corrected chi connectivity index (χ0v) is 6.46. The molecule has 0 bridgehead atoms. The van der Waals surface area contributed by atoms with Gasteiger partial charge in [-0.15, -0.1) is 0 Å². The van der Waals surface area contributed by atoms with Gasteiger partial charge in [0.2, 0.25) is 0 Å². The third-order valence-electron chi connectivity index (χ3n) is 1.45. The predicted molar refractivity (Wildman–Crippen MR) is 41.6 cm³/mol. The van der Waals surface area contributed by atoms with E-state index in [0.29, 0.717) is 0 Å². The molecule has 0 aromatic rings. The van der Waals surface area contributed by atoms with Crippen LogP contribution in [0, 0.1) is 5.92 Å². The molecule has 0 aliphatic heterocycles. The Morgan fingerprint density at radius 3 is 2.70 bits per heavy atom. The number of thiol groups is 1. The zero-order chi connectivity index (χ0) is 7.40. The van der Waals surface area contributed by atoms with Crippen LogP contribution in [0.1, 0.15) is 6.42 Å². The van der Waals surface area contributed by atoms with Crippen molar-refractivity contribution in [3.8, 4) is 0 Å². The van der Waals surface area contributed by atoms with Crippen molar-refractivity contribution in [2.45, 2.75) is 6.42 Å². The van der Waals surface area contributed by atoms with E-state index < -0.39 is 10.7 Å². The van der Waals surface area contributed by atoms with Crippen molar-refractivity contribution in [2.75, 3.05) is 5.75 Å². The van der Waals surface area contributed by atoms with Crippen LogP contribution in [0.25, 0.3) is 0 Å². The Balaban J connectivity index is 2.44.